The van der Waals surface area contributed by atoms with Crippen LogP contribution in [0.2, 0.25) is 0 Å². The summed E-state index contributed by atoms with van der Waals surface area (Å²) in [5.74, 6) is 1.96. The third-order valence-electron chi connectivity index (χ3n) is 2.41. The van der Waals surface area contributed by atoms with E-state index in [1.807, 2.05) is 0 Å². The van der Waals surface area contributed by atoms with Crippen molar-refractivity contribution in [2.75, 3.05) is 13.7 Å². The van der Waals surface area contributed by atoms with Gasteiger partial charge in [0, 0.05) is 0 Å². The number of methoxy groups -OCH3 is 1. The van der Waals surface area contributed by atoms with Crippen molar-refractivity contribution in [3.63, 3.8) is 0 Å². The lowest BCUT2D eigenvalue weighted by Crippen LogP contribution is -2.12. The molecule has 0 aromatic carbocycles. The van der Waals surface area contributed by atoms with Crippen LogP contribution in [0.3, 0.4) is 0 Å². The van der Waals surface area contributed by atoms with E-state index in [-0.39, 0.29) is 0 Å². The van der Waals surface area contributed by atoms with Crippen LogP contribution in [0.25, 0.3) is 0 Å². The highest BCUT2D eigenvalue weighted by atomic mass is 16.5. The van der Waals surface area contributed by atoms with E-state index in [2.05, 4.69) is 6.08 Å². The van der Waals surface area contributed by atoms with Crippen molar-refractivity contribution in [1.29, 1.82) is 0 Å². The molecule has 1 aliphatic carbocycles. The second-order valence-corrected chi connectivity index (χ2v) is 3.20. The van der Waals surface area contributed by atoms with Gasteiger partial charge in [0.1, 0.15) is 0 Å². The third-order valence-corrected chi connectivity index (χ3v) is 2.41. The minimum atomic E-state index is 0.847. The molecule has 1 heterocycles. The summed E-state index contributed by atoms with van der Waals surface area (Å²) < 4.78 is 10.8. The SMILES string of the molecule is COC1=CCCC2=C1OCCC2. The van der Waals surface area contributed by atoms with Crippen molar-refractivity contribution in [1.82, 2.24) is 0 Å². The van der Waals surface area contributed by atoms with Crippen LogP contribution in [0.4, 0.5) is 0 Å². The average molecular weight is 166 g/mol. The second kappa shape index (κ2) is 3.21. The Labute approximate surface area is 72.9 Å². The van der Waals surface area contributed by atoms with E-state index < -0.39 is 0 Å². The van der Waals surface area contributed by atoms with Crippen LogP contribution >= 0.6 is 0 Å². The first-order chi connectivity index (χ1) is 5.92. The number of ether oxygens (including phenoxy) is 2. The summed E-state index contributed by atoms with van der Waals surface area (Å²) in [6.45, 7) is 0.847. The van der Waals surface area contributed by atoms with Crippen molar-refractivity contribution in [2.24, 2.45) is 0 Å². The molecule has 2 heteroatoms. The molecule has 0 fully saturated rings. The Bertz CT molecular complexity index is 238. The molecule has 2 rings (SSSR count). The highest BCUT2D eigenvalue weighted by Crippen LogP contribution is 2.32. The molecule has 0 bridgehead atoms. The first-order valence-corrected chi connectivity index (χ1v) is 4.51. The fourth-order valence-corrected chi connectivity index (χ4v) is 1.81. The Morgan fingerprint density at radius 3 is 3.17 bits per heavy atom. The zero-order chi connectivity index (χ0) is 8.39. The van der Waals surface area contributed by atoms with Gasteiger partial charge in [-0.05, 0) is 37.3 Å². The van der Waals surface area contributed by atoms with Gasteiger partial charge in [0.05, 0.1) is 13.7 Å². The Kier molecular flexibility index (Phi) is 2.07. The summed E-state index contributed by atoms with van der Waals surface area (Å²) in [5, 5.41) is 0. The van der Waals surface area contributed by atoms with Gasteiger partial charge in [-0.3, -0.25) is 0 Å². The molecule has 0 saturated carbocycles. The number of allylic oxidation sites excluding steroid dienone is 2. The minimum absolute atomic E-state index is 0.847. The zero-order valence-corrected chi connectivity index (χ0v) is 7.43. The van der Waals surface area contributed by atoms with Crippen LogP contribution in [0.1, 0.15) is 25.7 Å². The second-order valence-electron chi connectivity index (χ2n) is 3.20. The van der Waals surface area contributed by atoms with Crippen molar-refractivity contribution < 1.29 is 9.47 Å². The molecule has 12 heavy (non-hydrogen) atoms. The molecule has 0 aromatic heterocycles. The standard InChI is InChI=1S/C10H14O2/c1-11-9-6-2-4-8-5-3-7-12-10(8)9/h6H,2-5,7H2,1H3. The summed E-state index contributed by atoms with van der Waals surface area (Å²) in [6, 6.07) is 0. The van der Waals surface area contributed by atoms with Gasteiger partial charge in [0.15, 0.2) is 11.5 Å². The Balaban J connectivity index is 2.26. The van der Waals surface area contributed by atoms with Gasteiger partial charge in [-0.1, -0.05) is 0 Å². The van der Waals surface area contributed by atoms with Gasteiger partial charge in [0.2, 0.25) is 0 Å². The largest absolute Gasteiger partial charge is 0.493 e. The molecule has 0 radical (unpaired) electrons. The molecule has 0 unspecified atom stereocenters. The van der Waals surface area contributed by atoms with Crippen molar-refractivity contribution in [3.8, 4) is 0 Å². The quantitative estimate of drug-likeness (QED) is 0.595. The summed E-state index contributed by atoms with van der Waals surface area (Å²) in [5.41, 5.74) is 1.45. The van der Waals surface area contributed by atoms with Crippen molar-refractivity contribution in [3.05, 3.63) is 23.2 Å². The monoisotopic (exact) mass is 166 g/mol. The fourth-order valence-electron chi connectivity index (χ4n) is 1.81. The van der Waals surface area contributed by atoms with Crippen LogP contribution in [-0.4, -0.2) is 13.7 Å². The summed E-state index contributed by atoms with van der Waals surface area (Å²) in [7, 11) is 1.71. The molecule has 2 nitrogen and oxygen atoms in total. The van der Waals surface area contributed by atoms with E-state index in [9.17, 15) is 0 Å². The van der Waals surface area contributed by atoms with Gasteiger partial charge >= 0.3 is 0 Å². The summed E-state index contributed by atoms with van der Waals surface area (Å²) >= 11 is 0. The lowest BCUT2D eigenvalue weighted by molar-refractivity contribution is 0.152. The predicted octanol–water partition coefficient (Wildman–Crippen LogP) is 2.38. The first kappa shape index (κ1) is 7.71. The van der Waals surface area contributed by atoms with Gasteiger partial charge in [-0.25, -0.2) is 0 Å². The van der Waals surface area contributed by atoms with Gasteiger partial charge < -0.3 is 9.47 Å². The van der Waals surface area contributed by atoms with E-state index >= 15 is 0 Å². The van der Waals surface area contributed by atoms with Crippen LogP contribution in [-0.2, 0) is 9.47 Å². The van der Waals surface area contributed by atoms with Crippen molar-refractivity contribution in [2.45, 2.75) is 25.7 Å². The van der Waals surface area contributed by atoms with Gasteiger partial charge in [0.25, 0.3) is 0 Å². The van der Waals surface area contributed by atoms with E-state index in [1.165, 1.54) is 12.0 Å². The van der Waals surface area contributed by atoms with Gasteiger partial charge in [-0.2, -0.15) is 0 Å². The summed E-state index contributed by atoms with van der Waals surface area (Å²) in [4.78, 5) is 0. The number of hydrogen-bond donors (Lipinski definition) is 0. The summed E-state index contributed by atoms with van der Waals surface area (Å²) in [6.07, 6.45) is 6.73. The molecular weight excluding hydrogens is 152 g/mol. The Morgan fingerprint density at radius 2 is 2.33 bits per heavy atom. The predicted molar refractivity (Wildman–Crippen MR) is 46.5 cm³/mol. The molecule has 1 aliphatic heterocycles. The lowest BCUT2D eigenvalue weighted by atomic mass is 9.96. The number of hydrogen-bond acceptors (Lipinski definition) is 2. The smallest absolute Gasteiger partial charge is 0.160 e. The highest BCUT2D eigenvalue weighted by Gasteiger charge is 2.20. The lowest BCUT2D eigenvalue weighted by Gasteiger charge is -2.25. The molecular formula is C10H14O2. The van der Waals surface area contributed by atoms with Crippen LogP contribution in [0.15, 0.2) is 23.2 Å². The first-order valence-electron chi connectivity index (χ1n) is 4.51. The molecule has 0 amide bonds. The normalized spacial score (nSPS) is 22.6. The third kappa shape index (κ3) is 1.22. The minimum Gasteiger partial charge on any atom is -0.493 e. The molecule has 66 valence electrons. The molecule has 0 N–H and O–H groups in total. The molecule has 0 spiro atoms. The fraction of sp³-hybridized carbons (Fsp3) is 0.600. The van der Waals surface area contributed by atoms with Crippen LogP contribution in [0.5, 0.6) is 0 Å². The zero-order valence-electron chi connectivity index (χ0n) is 7.43. The van der Waals surface area contributed by atoms with Crippen LogP contribution in [0, 0.1) is 0 Å². The highest BCUT2D eigenvalue weighted by molar-refractivity contribution is 5.31. The van der Waals surface area contributed by atoms with Gasteiger partial charge in [-0.15, -0.1) is 0 Å². The maximum Gasteiger partial charge on any atom is 0.160 e. The topological polar surface area (TPSA) is 18.5 Å². The van der Waals surface area contributed by atoms with E-state index in [0.29, 0.717) is 0 Å². The average Bonchev–Trinajstić information content (AvgIpc) is 2.17. The van der Waals surface area contributed by atoms with E-state index in [0.717, 1.165) is 37.4 Å². The Hall–Kier alpha value is -0.920. The van der Waals surface area contributed by atoms with E-state index in [1.54, 1.807) is 7.11 Å². The number of rotatable bonds is 1. The van der Waals surface area contributed by atoms with Crippen LogP contribution < -0.4 is 0 Å². The van der Waals surface area contributed by atoms with Crippen molar-refractivity contribution >= 4 is 0 Å². The Morgan fingerprint density at radius 1 is 1.42 bits per heavy atom. The maximum atomic E-state index is 5.57. The van der Waals surface area contributed by atoms with E-state index in [4.69, 9.17) is 9.47 Å². The maximum absolute atomic E-state index is 5.57. The molecule has 0 saturated heterocycles. The molecule has 0 atom stereocenters. The molecule has 2 aliphatic rings. The molecule has 0 aromatic rings.